The molecular weight excluding hydrogens is 551 g/mol. The summed E-state index contributed by atoms with van der Waals surface area (Å²) in [6.07, 6.45) is 1.46. The van der Waals surface area contributed by atoms with E-state index in [0.717, 1.165) is 11.3 Å². The lowest BCUT2D eigenvalue weighted by molar-refractivity contribution is 0.102. The fraction of sp³-hybridized carbons (Fsp3) is 0.192. The van der Waals surface area contributed by atoms with Crippen LogP contribution in [0.15, 0.2) is 65.7 Å². The molecule has 0 spiro atoms. The molecule has 1 aromatic heterocycles. The summed E-state index contributed by atoms with van der Waals surface area (Å²) in [6, 6.07) is 15.1. The van der Waals surface area contributed by atoms with E-state index >= 15 is 0 Å². The highest BCUT2D eigenvalue weighted by Gasteiger charge is 2.22. The second-order valence-electron chi connectivity index (χ2n) is 8.93. The molecule has 0 bridgehead atoms. The molecule has 1 amide bonds. The van der Waals surface area contributed by atoms with Crippen LogP contribution < -0.4 is 15.8 Å². The summed E-state index contributed by atoms with van der Waals surface area (Å²) in [5.74, 6) is -0.603. The normalized spacial score (nSPS) is 14.9. The number of carbonyl (C=O) groups is 1. The van der Waals surface area contributed by atoms with Crippen molar-refractivity contribution in [1.29, 1.82) is 0 Å². The number of sulfone groups is 1. The zero-order chi connectivity index (χ0) is 27.0. The van der Waals surface area contributed by atoms with Crippen LogP contribution in [0.4, 0.5) is 11.4 Å². The number of benzene rings is 3. The van der Waals surface area contributed by atoms with Gasteiger partial charge in [0.2, 0.25) is 0 Å². The Morgan fingerprint density at radius 2 is 1.68 bits per heavy atom. The summed E-state index contributed by atoms with van der Waals surface area (Å²) in [4.78, 5) is 32.7. The zero-order valence-electron chi connectivity index (χ0n) is 19.9. The van der Waals surface area contributed by atoms with Crippen molar-refractivity contribution in [3.63, 3.8) is 0 Å². The van der Waals surface area contributed by atoms with Gasteiger partial charge in [0.1, 0.15) is 0 Å². The minimum atomic E-state index is -2.96. The third kappa shape index (κ3) is 5.33. The van der Waals surface area contributed by atoms with Crippen molar-refractivity contribution < 1.29 is 18.3 Å². The standard InChI is InChI=1S/C26H22Cl2N4O5S/c27-19-12-17(13-20(28)24(19)33)25(34)30-22-3-1-2-21-23(22)26(35)32(15-29-21)14-16-4-6-18(7-5-16)31-8-10-38(36,37)11-9-31/h1-7,12-13,15,33H,8-11,14H2,(H,30,34). The van der Waals surface area contributed by atoms with Gasteiger partial charge in [-0.05, 0) is 42.0 Å². The van der Waals surface area contributed by atoms with Crippen molar-refractivity contribution >= 4 is 61.2 Å². The van der Waals surface area contributed by atoms with E-state index in [1.807, 2.05) is 29.2 Å². The van der Waals surface area contributed by atoms with E-state index in [-0.39, 0.29) is 56.0 Å². The van der Waals surface area contributed by atoms with Gasteiger partial charge in [0.15, 0.2) is 15.6 Å². The second kappa shape index (κ2) is 10.3. The maximum Gasteiger partial charge on any atom is 0.263 e. The molecule has 38 heavy (non-hydrogen) atoms. The predicted molar refractivity (Wildman–Crippen MR) is 148 cm³/mol. The number of amides is 1. The Balaban J connectivity index is 1.39. The van der Waals surface area contributed by atoms with Gasteiger partial charge in [-0.25, -0.2) is 13.4 Å². The summed E-state index contributed by atoms with van der Waals surface area (Å²) in [7, 11) is -2.96. The Labute approximate surface area is 228 Å². The number of phenolic OH excluding ortho intramolecular Hbond substituents is 1. The van der Waals surface area contributed by atoms with Crippen molar-refractivity contribution in [2.75, 3.05) is 34.8 Å². The van der Waals surface area contributed by atoms with Crippen LogP contribution in [0.3, 0.4) is 0 Å². The molecule has 0 radical (unpaired) electrons. The number of nitrogens with zero attached hydrogens (tertiary/aromatic N) is 3. The van der Waals surface area contributed by atoms with Gasteiger partial charge in [0.25, 0.3) is 11.5 Å². The Hall–Kier alpha value is -3.60. The molecule has 0 atom stereocenters. The zero-order valence-corrected chi connectivity index (χ0v) is 22.2. The maximum atomic E-state index is 13.4. The van der Waals surface area contributed by atoms with Crippen LogP contribution in [0.25, 0.3) is 10.9 Å². The highest BCUT2D eigenvalue weighted by molar-refractivity contribution is 7.91. The predicted octanol–water partition coefficient (Wildman–Crippen LogP) is 3.94. The van der Waals surface area contributed by atoms with Crippen LogP contribution in [0.1, 0.15) is 15.9 Å². The van der Waals surface area contributed by atoms with Crippen LogP contribution in [0, 0.1) is 0 Å². The summed E-state index contributed by atoms with van der Waals surface area (Å²) >= 11 is 11.9. The molecule has 1 saturated heterocycles. The van der Waals surface area contributed by atoms with Crippen molar-refractivity contribution in [2.24, 2.45) is 0 Å². The molecule has 196 valence electrons. The van der Waals surface area contributed by atoms with Gasteiger partial charge in [-0.2, -0.15) is 0 Å². The highest BCUT2D eigenvalue weighted by Crippen LogP contribution is 2.33. The molecule has 12 heteroatoms. The third-order valence-electron chi connectivity index (χ3n) is 6.38. The Bertz CT molecular complexity index is 1690. The number of hydrogen-bond donors (Lipinski definition) is 2. The van der Waals surface area contributed by atoms with Crippen LogP contribution in [-0.2, 0) is 16.4 Å². The van der Waals surface area contributed by atoms with Gasteiger partial charge >= 0.3 is 0 Å². The monoisotopic (exact) mass is 572 g/mol. The lowest BCUT2D eigenvalue weighted by atomic mass is 10.1. The molecule has 1 aliphatic heterocycles. The van der Waals surface area contributed by atoms with Crippen LogP contribution in [0.5, 0.6) is 5.75 Å². The molecule has 1 fully saturated rings. The van der Waals surface area contributed by atoms with Gasteiger partial charge in [-0.1, -0.05) is 41.4 Å². The number of hydrogen-bond acceptors (Lipinski definition) is 7. The van der Waals surface area contributed by atoms with E-state index < -0.39 is 15.7 Å². The lowest BCUT2D eigenvalue weighted by Crippen LogP contribution is -2.40. The average Bonchev–Trinajstić information content (AvgIpc) is 2.89. The number of aromatic hydroxyl groups is 1. The maximum absolute atomic E-state index is 13.4. The summed E-state index contributed by atoms with van der Waals surface area (Å²) < 4.78 is 24.8. The van der Waals surface area contributed by atoms with Gasteiger partial charge in [-0.15, -0.1) is 0 Å². The Kier molecular flexibility index (Phi) is 7.04. The quantitative estimate of drug-likeness (QED) is 0.371. The number of carbonyl (C=O) groups excluding carboxylic acids is 1. The SMILES string of the molecule is O=C(Nc1cccc2ncn(Cc3ccc(N4CCS(=O)(=O)CC4)cc3)c(=O)c12)c1cc(Cl)c(O)c(Cl)c1. The molecule has 1 aliphatic rings. The molecule has 0 unspecified atom stereocenters. The second-order valence-corrected chi connectivity index (χ2v) is 12.0. The van der Waals surface area contributed by atoms with E-state index in [1.165, 1.54) is 23.0 Å². The molecule has 0 aliphatic carbocycles. The number of halogens is 2. The average molecular weight is 573 g/mol. The van der Waals surface area contributed by atoms with Crippen molar-refractivity contribution in [2.45, 2.75) is 6.54 Å². The smallest absolute Gasteiger partial charge is 0.263 e. The van der Waals surface area contributed by atoms with E-state index in [1.54, 1.807) is 18.2 Å². The van der Waals surface area contributed by atoms with E-state index in [9.17, 15) is 23.1 Å². The number of rotatable bonds is 5. The van der Waals surface area contributed by atoms with Crippen LogP contribution in [-0.4, -0.2) is 53.6 Å². The minimum absolute atomic E-state index is 0.0686. The van der Waals surface area contributed by atoms with Crippen LogP contribution >= 0.6 is 23.2 Å². The van der Waals surface area contributed by atoms with Crippen molar-refractivity contribution in [3.8, 4) is 5.75 Å². The fourth-order valence-electron chi connectivity index (χ4n) is 4.29. The molecule has 2 N–H and O–H groups in total. The lowest BCUT2D eigenvalue weighted by Gasteiger charge is -2.28. The first kappa shape index (κ1) is 26.0. The number of anilines is 2. The summed E-state index contributed by atoms with van der Waals surface area (Å²) in [5.41, 5.74) is 2.25. The van der Waals surface area contributed by atoms with Crippen LogP contribution in [0.2, 0.25) is 10.0 Å². The van der Waals surface area contributed by atoms with Gasteiger partial charge in [-0.3, -0.25) is 14.2 Å². The first-order valence-corrected chi connectivity index (χ1v) is 14.2. The van der Waals surface area contributed by atoms with Gasteiger partial charge < -0.3 is 15.3 Å². The van der Waals surface area contributed by atoms with Crippen molar-refractivity contribution in [3.05, 3.63) is 92.5 Å². The van der Waals surface area contributed by atoms with Gasteiger partial charge in [0.05, 0.1) is 51.0 Å². The topological polar surface area (TPSA) is 122 Å². The Morgan fingerprint density at radius 3 is 2.34 bits per heavy atom. The third-order valence-corrected chi connectivity index (χ3v) is 8.56. The first-order valence-electron chi connectivity index (χ1n) is 11.6. The summed E-state index contributed by atoms with van der Waals surface area (Å²) in [6.45, 7) is 1.15. The number of aromatic nitrogens is 2. The molecule has 4 aromatic rings. The fourth-order valence-corrected chi connectivity index (χ4v) is 5.98. The molecule has 0 saturated carbocycles. The number of phenols is 1. The molecule has 9 nitrogen and oxygen atoms in total. The molecule has 3 aromatic carbocycles. The number of nitrogens with one attached hydrogen (secondary N) is 1. The van der Waals surface area contributed by atoms with Gasteiger partial charge in [0, 0.05) is 24.3 Å². The van der Waals surface area contributed by atoms with Crippen molar-refractivity contribution in [1.82, 2.24) is 9.55 Å². The largest absolute Gasteiger partial charge is 0.505 e. The molecule has 5 rings (SSSR count). The Morgan fingerprint density at radius 1 is 1.03 bits per heavy atom. The molecular formula is C26H22Cl2N4O5S. The molecule has 2 heterocycles. The highest BCUT2D eigenvalue weighted by atomic mass is 35.5. The van der Waals surface area contributed by atoms with E-state index in [2.05, 4.69) is 10.3 Å². The first-order chi connectivity index (χ1) is 18.1. The number of fused-ring (bicyclic) bond motifs is 1. The van der Waals surface area contributed by atoms with E-state index in [4.69, 9.17) is 23.2 Å². The van der Waals surface area contributed by atoms with E-state index in [0.29, 0.717) is 18.6 Å². The summed E-state index contributed by atoms with van der Waals surface area (Å²) in [5, 5.41) is 12.6. The minimum Gasteiger partial charge on any atom is -0.505 e.